The van der Waals surface area contributed by atoms with Gasteiger partial charge in [-0.2, -0.15) is 0 Å². The third kappa shape index (κ3) is 3.54. The largest absolute Gasteiger partial charge is 0.399 e. The Morgan fingerprint density at radius 1 is 1.07 bits per heavy atom. The van der Waals surface area contributed by atoms with Crippen molar-refractivity contribution in [3.8, 4) is 11.4 Å². The fourth-order valence-electron chi connectivity index (χ4n) is 2.72. The van der Waals surface area contributed by atoms with E-state index in [1.165, 1.54) is 13.3 Å². The van der Waals surface area contributed by atoms with E-state index in [1.54, 1.807) is 0 Å². The molecule has 0 aliphatic rings. The maximum atomic E-state index is 11.1. The summed E-state index contributed by atoms with van der Waals surface area (Å²) in [5, 5.41) is 5.98. The predicted octanol–water partition coefficient (Wildman–Crippen LogP) is 3.30. The van der Waals surface area contributed by atoms with E-state index in [-0.39, 0.29) is 5.91 Å². The molecule has 1 amide bonds. The van der Waals surface area contributed by atoms with E-state index in [9.17, 15) is 4.79 Å². The van der Waals surface area contributed by atoms with Crippen molar-refractivity contribution in [3.05, 3.63) is 54.9 Å². The van der Waals surface area contributed by atoms with Gasteiger partial charge in [-0.25, -0.2) is 15.0 Å². The quantitative estimate of drug-likeness (QED) is 0.415. The van der Waals surface area contributed by atoms with Crippen LogP contribution in [0.2, 0.25) is 0 Å². The molecule has 2 heterocycles. The molecule has 4 rings (SSSR count). The van der Waals surface area contributed by atoms with Crippen molar-refractivity contribution in [3.63, 3.8) is 0 Å². The summed E-state index contributed by atoms with van der Waals surface area (Å²) in [7, 11) is 0. The number of hydrogen-bond acceptors (Lipinski definition) is 6. The normalized spacial score (nSPS) is 10.7. The van der Waals surface area contributed by atoms with Gasteiger partial charge >= 0.3 is 0 Å². The number of rotatable bonds is 4. The Morgan fingerprint density at radius 2 is 1.85 bits per heavy atom. The van der Waals surface area contributed by atoms with Crippen LogP contribution in [0.1, 0.15) is 6.92 Å². The van der Waals surface area contributed by atoms with Gasteiger partial charge in [0.25, 0.3) is 0 Å². The van der Waals surface area contributed by atoms with Crippen molar-refractivity contribution in [1.29, 1.82) is 0 Å². The highest BCUT2D eigenvalue weighted by Crippen LogP contribution is 2.26. The zero-order valence-electron chi connectivity index (χ0n) is 14.5. The summed E-state index contributed by atoms with van der Waals surface area (Å²) in [6.45, 7) is 1.47. The van der Waals surface area contributed by atoms with Crippen molar-refractivity contribution in [2.24, 2.45) is 0 Å². The van der Waals surface area contributed by atoms with Crippen LogP contribution >= 0.6 is 0 Å². The highest BCUT2D eigenvalue weighted by atomic mass is 16.1. The van der Waals surface area contributed by atoms with Crippen LogP contribution in [0.5, 0.6) is 0 Å². The van der Waals surface area contributed by atoms with Gasteiger partial charge in [0.15, 0.2) is 11.5 Å². The van der Waals surface area contributed by atoms with Gasteiger partial charge in [-0.1, -0.05) is 12.1 Å². The molecule has 0 atom stereocenters. The summed E-state index contributed by atoms with van der Waals surface area (Å²) in [4.78, 5) is 27.4. The first-order chi connectivity index (χ1) is 13.1. The first-order valence-corrected chi connectivity index (χ1v) is 8.30. The van der Waals surface area contributed by atoms with Gasteiger partial charge in [0.05, 0.1) is 0 Å². The molecule has 0 fully saturated rings. The minimum Gasteiger partial charge on any atom is -0.399 e. The summed E-state index contributed by atoms with van der Waals surface area (Å²) < 4.78 is 0. The van der Waals surface area contributed by atoms with E-state index in [1.807, 2.05) is 48.5 Å². The molecule has 2 aromatic heterocycles. The molecule has 0 bridgehead atoms. The van der Waals surface area contributed by atoms with Gasteiger partial charge in [-0.05, 0) is 36.4 Å². The molecule has 0 aliphatic heterocycles. The number of nitrogen functional groups attached to an aromatic ring is 1. The smallest absolute Gasteiger partial charge is 0.221 e. The zero-order chi connectivity index (χ0) is 18.8. The lowest BCUT2D eigenvalue weighted by atomic mass is 10.2. The minimum absolute atomic E-state index is 0.111. The number of carbonyl (C=O) groups is 1. The third-order valence-corrected chi connectivity index (χ3v) is 3.92. The number of nitrogens with two attached hydrogens (primary N) is 1. The van der Waals surface area contributed by atoms with Gasteiger partial charge in [0, 0.05) is 29.5 Å². The lowest BCUT2D eigenvalue weighted by Crippen LogP contribution is -2.05. The molecule has 8 heteroatoms. The third-order valence-electron chi connectivity index (χ3n) is 3.92. The Labute approximate surface area is 154 Å². The first kappa shape index (κ1) is 16.5. The molecule has 27 heavy (non-hydrogen) atoms. The number of fused-ring (bicyclic) bond motifs is 1. The van der Waals surface area contributed by atoms with E-state index in [4.69, 9.17) is 5.73 Å². The van der Waals surface area contributed by atoms with Crippen LogP contribution in [0.4, 0.5) is 22.9 Å². The molecule has 5 N–H and O–H groups in total. The SMILES string of the molecule is CC(=O)Nc1ccc(Nc2ncnc3nc(-c4cccc(N)c4)[nH]c23)cc1. The summed E-state index contributed by atoms with van der Waals surface area (Å²) in [5.74, 6) is 1.16. The maximum Gasteiger partial charge on any atom is 0.221 e. The molecule has 0 spiro atoms. The number of hydrogen-bond donors (Lipinski definition) is 4. The maximum absolute atomic E-state index is 11.1. The van der Waals surface area contributed by atoms with Crippen LogP contribution in [-0.4, -0.2) is 25.8 Å². The van der Waals surface area contributed by atoms with E-state index >= 15 is 0 Å². The Balaban J connectivity index is 1.65. The Morgan fingerprint density at radius 3 is 2.59 bits per heavy atom. The summed E-state index contributed by atoms with van der Waals surface area (Å²) >= 11 is 0. The molecular weight excluding hydrogens is 342 g/mol. The number of H-pyrrole nitrogens is 1. The van der Waals surface area contributed by atoms with Crippen LogP contribution in [0.25, 0.3) is 22.6 Å². The molecule has 0 aliphatic carbocycles. The van der Waals surface area contributed by atoms with E-state index in [0.717, 1.165) is 16.9 Å². The number of aromatic amines is 1. The van der Waals surface area contributed by atoms with Crippen molar-refractivity contribution in [2.45, 2.75) is 6.92 Å². The molecule has 8 nitrogen and oxygen atoms in total. The number of anilines is 4. The van der Waals surface area contributed by atoms with Gasteiger partial charge in [-0.3, -0.25) is 4.79 Å². The van der Waals surface area contributed by atoms with Crippen LogP contribution in [0.3, 0.4) is 0 Å². The summed E-state index contributed by atoms with van der Waals surface area (Å²) in [6, 6.07) is 14.8. The monoisotopic (exact) mass is 359 g/mol. The van der Waals surface area contributed by atoms with Gasteiger partial charge < -0.3 is 21.4 Å². The number of aromatic nitrogens is 4. The second-order valence-corrected chi connectivity index (χ2v) is 6.02. The van der Waals surface area contributed by atoms with E-state index < -0.39 is 0 Å². The Bertz CT molecular complexity index is 1120. The van der Waals surface area contributed by atoms with Crippen molar-refractivity contribution < 1.29 is 4.79 Å². The topological polar surface area (TPSA) is 122 Å². The lowest BCUT2D eigenvalue weighted by Gasteiger charge is -2.07. The van der Waals surface area contributed by atoms with E-state index in [2.05, 4.69) is 30.6 Å². The number of imidazole rings is 1. The molecule has 4 aromatic rings. The number of nitrogens with one attached hydrogen (secondary N) is 3. The average Bonchev–Trinajstić information content (AvgIpc) is 3.08. The standard InChI is InChI=1S/C19H17N7O/c1-11(27)23-14-5-7-15(8-6-14)24-18-16-19(22-10-21-18)26-17(25-16)12-3-2-4-13(20)9-12/h2-10H,20H2,1H3,(H,23,27)(H2,21,22,24,25,26). The molecule has 0 radical (unpaired) electrons. The predicted molar refractivity (Wildman–Crippen MR) is 106 cm³/mol. The van der Waals surface area contributed by atoms with Gasteiger partial charge in [-0.15, -0.1) is 0 Å². The van der Waals surface area contributed by atoms with Crippen LogP contribution in [-0.2, 0) is 4.79 Å². The zero-order valence-corrected chi connectivity index (χ0v) is 14.5. The van der Waals surface area contributed by atoms with E-state index in [0.29, 0.717) is 28.5 Å². The Hall–Kier alpha value is -3.94. The number of amides is 1. The fraction of sp³-hybridized carbons (Fsp3) is 0.0526. The number of carbonyl (C=O) groups excluding carboxylic acids is 1. The first-order valence-electron chi connectivity index (χ1n) is 8.30. The van der Waals surface area contributed by atoms with Gasteiger partial charge in [0.1, 0.15) is 17.7 Å². The molecule has 0 saturated heterocycles. The highest BCUT2D eigenvalue weighted by Gasteiger charge is 2.11. The average molecular weight is 359 g/mol. The fourth-order valence-corrected chi connectivity index (χ4v) is 2.72. The van der Waals surface area contributed by atoms with Gasteiger partial charge in [0.2, 0.25) is 5.91 Å². The number of nitrogens with zero attached hydrogens (tertiary/aromatic N) is 3. The molecule has 134 valence electrons. The lowest BCUT2D eigenvalue weighted by molar-refractivity contribution is -0.114. The summed E-state index contributed by atoms with van der Waals surface area (Å²) in [5.41, 5.74) is 10.2. The number of benzene rings is 2. The molecular formula is C19H17N7O. The second-order valence-electron chi connectivity index (χ2n) is 6.02. The van der Waals surface area contributed by atoms with Crippen LogP contribution < -0.4 is 16.4 Å². The Kier molecular flexibility index (Phi) is 4.13. The molecule has 0 unspecified atom stereocenters. The highest BCUT2D eigenvalue weighted by molar-refractivity contribution is 5.90. The van der Waals surface area contributed by atoms with Crippen molar-refractivity contribution >= 4 is 40.0 Å². The second kappa shape index (κ2) is 6.75. The minimum atomic E-state index is -0.111. The van der Waals surface area contributed by atoms with Crippen LogP contribution in [0.15, 0.2) is 54.9 Å². The van der Waals surface area contributed by atoms with Crippen LogP contribution in [0, 0.1) is 0 Å². The summed E-state index contributed by atoms with van der Waals surface area (Å²) in [6.07, 6.45) is 1.46. The molecule has 0 saturated carbocycles. The van der Waals surface area contributed by atoms with Crippen molar-refractivity contribution in [2.75, 3.05) is 16.4 Å². The van der Waals surface area contributed by atoms with Crippen molar-refractivity contribution in [1.82, 2.24) is 19.9 Å². The molecule has 2 aromatic carbocycles.